The Morgan fingerprint density at radius 1 is 1.47 bits per heavy atom. The van der Waals surface area contributed by atoms with Gasteiger partial charge in [0, 0.05) is 39.7 Å². The third-order valence-electron chi connectivity index (χ3n) is 2.70. The number of aryl methyl sites for hydroxylation is 1. The summed E-state index contributed by atoms with van der Waals surface area (Å²) in [7, 11) is 3.76. The number of fused-ring (bicyclic) bond motifs is 1. The zero-order chi connectivity index (χ0) is 12.3. The normalized spacial score (nSPS) is 11.0. The average Bonchev–Trinajstić information content (AvgIpc) is 2.69. The fourth-order valence-electron chi connectivity index (χ4n) is 1.88. The molecule has 2 aromatic rings. The van der Waals surface area contributed by atoms with E-state index in [9.17, 15) is 0 Å². The summed E-state index contributed by atoms with van der Waals surface area (Å²) in [5, 5.41) is 4.38. The first kappa shape index (κ1) is 11.9. The van der Waals surface area contributed by atoms with Crippen LogP contribution in [0.1, 0.15) is 12.1 Å². The van der Waals surface area contributed by atoms with Crippen molar-refractivity contribution in [3.63, 3.8) is 0 Å². The average molecular weight is 234 g/mol. The Kier molecular flexibility index (Phi) is 3.58. The first-order chi connectivity index (χ1) is 8.22. The van der Waals surface area contributed by atoms with Crippen molar-refractivity contribution < 1.29 is 4.74 Å². The van der Waals surface area contributed by atoms with Gasteiger partial charge in [-0.05, 0) is 19.4 Å². The minimum Gasteiger partial charge on any atom is -0.385 e. The van der Waals surface area contributed by atoms with E-state index in [4.69, 9.17) is 4.74 Å². The molecule has 2 heterocycles. The van der Waals surface area contributed by atoms with E-state index in [1.165, 1.54) is 0 Å². The number of aromatic nitrogens is 3. The topological polar surface area (TPSA) is 42.7 Å². The Balaban J connectivity index is 2.22. The maximum absolute atomic E-state index is 5.06. The van der Waals surface area contributed by atoms with E-state index in [0.717, 1.165) is 36.6 Å². The summed E-state index contributed by atoms with van der Waals surface area (Å²) < 4.78 is 6.92. The molecule has 2 aromatic heterocycles. The molecule has 0 saturated carbocycles. The van der Waals surface area contributed by atoms with Crippen LogP contribution in [0.2, 0.25) is 0 Å². The maximum atomic E-state index is 5.06. The summed E-state index contributed by atoms with van der Waals surface area (Å²) in [6.45, 7) is 3.68. The van der Waals surface area contributed by atoms with Gasteiger partial charge in [-0.2, -0.15) is 5.10 Å². The van der Waals surface area contributed by atoms with E-state index in [1.54, 1.807) is 13.3 Å². The first-order valence-electron chi connectivity index (χ1n) is 5.73. The monoisotopic (exact) mass is 234 g/mol. The highest BCUT2D eigenvalue weighted by atomic mass is 16.5. The summed E-state index contributed by atoms with van der Waals surface area (Å²) in [6, 6.07) is 2.05. The fourth-order valence-corrected chi connectivity index (χ4v) is 1.88. The van der Waals surface area contributed by atoms with Crippen LogP contribution in [0, 0.1) is 6.92 Å². The summed E-state index contributed by atoms with van der Waals surface area (Å²) in [4.78, 5) is 6.56. The van der Waals surface area contributed by atoms with E-state index in [-0.39, 0.29) is 0 Å². The summed E-state index contributed by atoms with van der Waals surface area (Å²) >= 11 is 0. The number of anilines is 1. The molecule has 0 saturated heterocycles. The number of nitrogens with zero attached hydrogens (tertiary/aromatic N) is 4. The molecule has 5 heteroatoms. The van der Waals surface area contributed by atoms with Crippen molar-refractivity contribution in [1.82, 2.24) is 14.6 Å². The molecular formula is C12H18N4O. The first-order valence-corrected chi connectivity index (χ1v) is 5.73. The molecule has 0 fully saturated rings. The van der Waals surface area contributed by atoms with E-state index < -0.39 is 0 Å². The number of methoxy groups -OCH3 is 1. The highest BCUT2D eigenvalue weighted by Gasteiger charge is 2.09. The Morgan fingerprint density at radius 3 is 3.06 bits per heavy atom. The van der Waals surface area contributed by atoms with Gasteiger partial charge in [0.1, 0.15) is 5.52 Å². The van der Waals surface area contributed by atoms with Gasteiger partial charge in [-0.15, -0.1) is 0 Å². The van der Waals surface area contributed by atoms with Crippen LogP contribution in [-0.4, -0.2) is 41.9 Å². The third-order valence-corrected chi connectivity index (χ3v) is 2.70. The molecule has 0 aliphatic rings. The Morgan fingerprint density at radius 2 is 2.29 bits per heavy atom. The highest BCUT2D eigenvalue weighted by Crippen LogP contribution is 2.18. The van der Waals surface area contributed by atoms with Gasteiger partial charge in [-0.1, -0.05) is 0 Å². The molecule has 17 heavy (non-hydrogen) atoms. The van der Waals surface area contributed by atoms with Crippen LogP contribution < -0.4 is 4.90 Å². The molecular weight excluding hydrogens is 216 g/mol. The van der Waals surface area contributed by atoms with Gasteiger partial charge in [-0.25, -0.2) is 9.50 Å². The van der Waals surface area contributed by atoms with Gasteiger partial charge in [0.2, 0.25) is 0 Å². The summed E-state index contributed by atoms with van der Waals surface area (Å²) in [5.41, 5.74) is 2.05. The predicted molar refractivity (Wildman–Crippen MR) is 67.5 cm³/mol. The van der Waals surface area contributed by atoms with Crippen molar-refractivity contribution in [3.8, 4) is 0 Å². The molecule has 0 aliphatic carbocycles. The van der Waals surface area contributed by atoms with Crippen molar-refractivity contribution in [2.24, 2.45) is 0 Å². The van der Waals surface area contributed by atoms with Crippen LogP contribution in [-0.2, 0) is 4.74 Å². The Bertz CT molecular complexity index is 494. The highest BCUT2D eigenvalue weighted by molar-refractivity contribution is 5.68. The molecule has 0 N–H and O–H groups in total. The maximum Gasteiger partial charge on any atom is 0.154 e. The number of ether oxygens (including phenoxy) is 1. The second-order valence-corrected chi connectivity index (χ2v) is 4.13. The predicted octanol–water partition coefficient (Wildman–Crippen LogP) is 1.51. The summed E-state index contributed by atoms with van der Waals surface area (Å²) in [6.07, 6.45) is 4.64. The molecule has 5 nitrogen and oxygen atoms in total. The standard InChI is InChI=1S/C12H18N4O/c1-10-9-11-12(13-5-7-16(11)14-10)15(2)6-4-8-17-3/h5,7,9H,4,6,8H2,1-3H3. The lowest BCUT2D eigenvalue weighted by molar-refractivity contribution is 0.196. The van der Waals surface area contributed by atoms with Crippen molar-refractivity contribution in [1.29, 1.82) is 0 Å². The minimum atomic E-state index is 0.770. The molecule has 0 spiro atoms. The van der Waals surface area contributed by atoms with Gasteiger partial charge in [-0.3, -0.25) is 0 Å². The number of hydrogen-bond donors (Lipinski definition) is 0. The van der Waals surface area contributed by atoms with E-state index in [1.807, 2.05) is 24.7 Å². The van der Waals surface area contributed by atoms with E-state index in [2.05, 4.69) is 21.0 Å². The van der Waals surface area contributed by atoms with Gasteiger partial charge in [0.25, 0.3) is 0 Å². The Hall–Kier alpha value is -1.62. The number of rotatable bonds is 5. The van der Waals surface area contributed by atoms with Crippen molar-refractivity contribution in [2.45, 2.75) is 13.3 Å². The molecule has 2 rings (SSSR count). The molecule has 0 amide bonds. The van der Waals surface area contributed by atoms with Crippen molar-refractivity contribution >= 4 is 11.3 Å². The second-order valence-electron chi connectivity index (χ2n) is 4.13. The van der Waals surface area contributed by atoms with Crippen LogP contribution >= 0.6 is 0 Å². The zero-order valence-electron chi connectivity index (χ0n) is 10.6. The quantitative estimate of drug-likeness (QED) is 0.735. The molecule has 0 aliphatic heterocycles. The van der Waals surface area contributed by atoms with Crippen LogP contribution in [0.25, 0.3) is 5.52 Å². The SMILES string of the molecule is COCCCN(C)c1nccn2nc(C)cc12. The molecule has 0 radical (unpaired) electrons. The van der Waals surface area contributed by atoms with Gasteiger partial charge in [0.15, 0.2) is 5.82 Å². The smallest absolute Gasteiger partial charge is 0.154 e. The van der Waals surface area contributed by atoms with Gasteiger partial charge >= 0.3 is 0 Å². The van der Waals surface area contributed by atoms with Crippen LogP contribution in [0.15, 0.2) is 18.5 Å². The second kappa shape index (κ2) is 5.14. The lowest BCUT2D eigenvalue weighted by Crippen LogP contribution is -2.21. The van der Waals surface area contributed by atoms with Crippen LogP contribution in [0.3, 0.4) is 0 Å². The molecule has 92 valence electrons. The van der Waals surface area contributed by atoms with Crippen LogP contribution in [0.4, 0.5) is 5.82 Å². The van der Waals surface area contributed by atoms with Crippen molar-refractivity contribution in [3.05, 3.63) is 24.2 Å². The lowest BCUT2D eigenvalue weighted by atomic mass is 10.3. The molecule has 0 aromatic carbocycles. The van der Waals surface area contributed by atoms with Crippen LogP contribution in [0.5, 0.6) is 0 Å². The van der Waals surface area contributed by atoms with Gasteiger partial charge < -0.3 is 9.64 Å². The lowest BCUT2D eigenvalue weighted by Gasteiger charge is -2.18. The Labute approximate surface area is 101 Å². The summed E-state index contributed by atoms with van der Waals surface area (Å²) in [5.74, 6) is 0.962. The zero-order valence-corrected chi connectivity index (χ0v) is 10.6. The third kappa shape index (κ3) is 2.55. The largest absolute Gasteiger partial charge is 0.385 e. The van der Waals surface area contributed by atoms with Gasteiger partial charge in [0.05, 0.1) is 5.69 Å². The number of hydrogen-bond acceptors (Lipinski definition) is 4. The molecule has 0 atom stereocenters. The van der Waals surface area contributed by atoms with Crippen molar-refractivity contribution in [2.75, 3.05) is 32.2 Å². The molecule has 0 bridgehead atoms. The van der Waals surface area contributed by atoms with E-state index in [0.29, 0.717) is 0 Å². The minimum absolute atomic E-state index is 0.770. The molecule has 0 unspecified atom stereocenters. The van der Waals surface area contributed by atoms with E-state index >= 15 is 0 Å². The fraction of sp³-hybridized carbons (Fsp3) is 0.500.